The fraction of sp³-hybridized carbons (Fsp3) is 0.381. The van der Waals surface area contributed by atoms with Crippen molar-refractivity contribution in [3.05, 3.63) is 83.2 Å². The minimum atomic E-state index is -0.970. The molecule has 298 valence electrons. The van der Waals surface area contributed by atoms with Crippen LogP contribution in [0.15, 0.2) is 60.9 Å². The van der Waals surface area contributed by atoms with E-state index in [0.717, 1.165) is 103 Å². The number of nitrogens with one attached hydrogen (secondary N) is 3. The summed E-state index contributed by atoms with van der Waals surface area (Å²) in [4.78, 5) is 73.0. The molecule has 1 unspecified atom stereocenters. The zero-order chi connectivity index (χ0) is 40.1. The summed E-state index contributed by atoms with van der Waals surface area (Å²) >= 11 is 0. The van der Waals surface area contributed by atoms with E-state index in [9.17, 15) is 19.2 Å². The summed E-state index contributed by atoms with van der Waals surface area (Å²) in [5.41, 5.74) is 6.35. The van der Waals surface area contributed by atoms with Gasteiger partial charge in [0.25, 0.3) is 11.8 Å². The number of piperazine rings is 1. The van der Waals surface area contributed by atoms with E-state index in [-0.39, 0.29) is 18.7 Å². The van der Waals surface area contributed by atoms with Gasteiger partial charge in [-0.25, -0.2) is 14.6 Å². The number of benzene rings is 2. The van der Waals surface area contributed by atoms with Crippen molar-refractivity contribution in [1.82, 2.24) is 39.8 Å². The molecule has 3 N–H and O–H groups in total. The number of aryl methyl sites for hydroxylation is 3. The fourth-order valence-electron chi connectivity index (χ4n) is 8.73. The van der Waals surface area contributed by atoms with Gasteiger partial charge in [0.1, 0.15) is 11.9 Å². The van der Waals surface area contributed by atoms with Gasteiger partial charge in [0, 0.05) is 76.9 Å². The van der Waals surface area contributed by atoms with Crippen LogP contribution in [0.2, 0.25) is 0 Å². The number of anilines is 6. The maximum absolute atomic E-state index is 13.4. The lowest BCUT2D eigenvalue weighted by Gasteiger charge is -2.40. The second-order valence-corrected chi connectivity index (χ2v) is 15.7. The minimum absolute atomic E-state index is 0.0959. The average molecular weight is 783 g/mol. The number of aromatic nitrogens is 5. The summed E-state index contributed by atoms with van der Waals surface area (Å²) in [7, 11) is 1.88. The van der Waals surface area contributed by atoms with Crippen LogP contribution in [-0.2, 0) is 16.6 Å². The number of hydrogen-bond acceptors (Lipinski definition) is 13. The quantitative estimate of drug-likeness (QED) is 0.181. The summed E-state index contributed by atoms with van der Waals surface area (Å²) in [6.45, 7) is 10.5. The highest BCUT2D eigenvalue weighted by Gasteiger charge is 2.45. The Bertz CT molecular complexity index is 2420. The Labute approximate surface area is 335 Å². The number of carbonyl (C=O) groups is 4. The standard InChI is InChI=1S/C42H46N12O4/c1-25-6-4-7-26(2)36(25)47-37-32-22-44-42(48-38(32)50(3)49-37)45-28-9-13-34(43-21-28)52-18-16-51(17-19-52)23-27-8-5-15-53(24-27)29-10-11-30-31(20-29)41(58)54(40(30)57)33-12-14-35(55)46-39(33)56/h4,6-7,9-11,13,20-22,27,33H,5,8,12,14-19,23-24H2,1-3H3,(H,47,49)(H,44,45,48)(H,46,55,56)/t27-,33?/m1/s1. The first-order valence-electron chi connectivity index (χ1n) is 19.9. The van der Waals surface area contributed by atoms with Crippen LogP contribution < -0.4 is 25.8 Å². The SMILES string of the molecule is Cc1cccc(C)c1Nc1nn(C)c2nc(Nc3ccc(N4CCN(C[C@H]5CCCN(c6ccc7c(c6)C(=O)N(C6CCC(=O)NC6=O)C7=O)C5)CC4)nc3)ncc12. The molecule has 0 spiro atoms. The Morgan fingerprint density at radius 3 is 2.38 bits per heavy atom. The van der Waals surface area contributed by atoms with Crippen LogP contribution in [0.5, 0.6) is 0 Å². The van der Waals surface area contributed by atoms with Crippen molar-refractivity contribution >= 4 is 69.3 Å². The predicted octanol–water partition coefficient (Wildman–Crippen LogP) is 4.30. The molecule has 7 heterocycles. The third-order valence-electron chi connectivity index (χ3n) is 11.8. The number of hydrogen-bond donors (Lipinski definition) is 3. The van der Waals surface area contributed by atoms with Gasteiger partial charge in [0.15, 0.2) is 11.5 Å². The highest BCUT2D eigenvalue weighted by Crippen LogP contribution is 2.33. The Kier molecular flexibility index (Phi) is 9.71. The summed E-state index contributed by atoms with van der Waals surface area (Å²) in [6.07, 6.45) is 6.01. The molecule has 3 saturated heterocycles. The largest absolute Gasteiger partial charge is 0.371 e. The van der Waals surface area contributed by atoms with Crippen molar-refractivity contribution < 1.29 is 19.2 Å². The van der Waals surface area contributed by atoms with Crippen LogP contribution in [0, 0.1) is 19.8 Å². The Morgan fingerprint density at radius 1 is 0.828 bits per heavy atom. The number of carbonyl (C=O) groups excluding carboxylic acids is 4. The zero-order valence-electron chi connectivity index (χ0n) is 32.9. The first kappa shape index (κ1) is 37.2. The number of amides is 4. The lowest BCUT2D eigenvalue weighted by Crippen LogP contribution is -2.54. The number of pyridine rings is 1. The molecule has 0 radical (unpaired) electrons. The smallest absolute Gasteiger partial charge is 0.262 e. The van der Waals surface area contributed by atoms with Gasteiger partial charge in [-0.3, -0.25) is 34.3 Å². The maximum atomic E-state index is 13.4. The monoisotopic (exact) mass is 782 g/mol. The number of nitrogens with zero attached hydrogens (tertiary/aromatic N) is 9. The molecule has 2 aromatic carbocycles. The lowest BCUT2D eigenvalue weighted by atomic mass is 9.96. The summed E-state index contributed by atoms with van der Waals surface area (Å²) in [6, 6.07) is 14.7. The number of para-hydroxylation sites is 1. The third kappa shape index (κ3) is 7.08. The van der Waals surface area contributed by atoms with E-state index in [1.807, 2.05) is 37.5 Å². The van der Waals surface area contributed by atoms with Crippen molar-refractivity contribution in [3.8, 4) is 0 Å². The van der Waals surface area contributed by atoms with Gasteiger partial charge in [-0.15, -0.1) is 0 Å². The molecule has 0 saturated carbocycles. The molecule has 0 bridgehead atoms. The zero-order valence-corrected chi connectivity index (χ0v) is 32.9. The predicted molar refractivity (Wildman–Crippen MR) is 220 cm³/mol. The molecule has 4 aliphatic rings. The van der Waals surface area contributed by atoms with Gasteiger partial charge in [-0.2, -0.15) is 10.1 Å². The Hall–Kier alpha value is -6.42. The summed E-state index contributed by atoms with van der Waals surface area (Å²) < 4.78 is 1.76. The van der Waals surface area contributed by atoms with E-state index in [0.29, 0.717) is 34.5 Å². The van der Waals surface area contributed by atoms with Gasteiger partial charge < -0.3 is 20.4 Å². The average Bonchev–Trinajstić information content (AvgIpc) is 3.67. The second-order valence-electron chi connectivity index (χ2n) is 15.7. The van der Waals surface area contributed by atoms with Crippen molar-refractivity contribution in [2.24, 2.45) is 13.0 Å². The third-order valence-corrected chi connectivity index (χ3v) is 11.8. The van der Waals surface area contributed by atoms with Crippen molar-refractivity contribution in [1.29, 1.82) is 0 Å². The molecular formula is C42H46N12O4. The number of piperidine rings is 2. The molecule has 4 aliphatic heterocycles. The van der Waals surface area contributed by atoms with Gasteiger partial charge in [0.2, 0.25) is 17.8 Å². The molecule has 9 rings (SSSR count). The van der Waals surface area contributed by atoms with E-state index >= 15 is 0 Å². The number of rotatable bonds is 9. The van der Waals surface area contributed by atoms with E-state index in [2.05, 4.69) is 66.7 Å². The number of fused-ring (bicyclic) bond motifs is 2. The molecule has 58 heavy (non-hydrogen) atoms. The molecule has 3 aromatic heterocycles. The van der Waals surface area contributed by atoms with Gasteiger partial charge in [0.05, 0.1) is 28.4 Å². The van der Waals surface area contributed by atoms with Crippen LogP contribution in [0.4, 0.5) is 34.6 Å². The fourth-order valence-corrected chi connectivity index (χ4v) is 8.73. The summed E-state index contributed by atoms with van der Waals surface area (Å²) in [5, 5.41) is 14.5. The summed E-state index contributed by atoms with van der Waals surface area (Å²) in [5.74, 6) is 0.626. The van der Waals surface area contributed by atoms with E-state index in [1.165, 1.54) is 0 Å². The van der Waals surface area contributed by atoms with Crippen LogP contribution in [-0.4, -0.2) is 110 Å². The first-order valence-corrected chi connectivity index (χ1v) is 19.9. The molecule has 3 fully saturated rings. The molecule has 4 amide bonds. The molecule has 0 aliphatic carbocycles. The Morgan fingerprint density at radius 2 is 1.62 bits per heavy atom. The number of imide groups is 2. The first-order chi connectivity index (χ1) is 28.1. The van der Waals surface area contributed by atoms with Crippen LogP contribution in [0.1, 0.15) is 57.5 Å². The second kappa shape index (κ2) is 15.2. The molecule has 16 nitrogen and oxygen atoms in total. The molecule has 5 aromatic rings. The van der Waals surface area contributed by atoms with E-state index < -0.39 is 23.8 Å². The van der Waals surface area contributed by atoms with E-state index in [1.54, 1.807) is 23.0 Å². The van der Waals surface area contributed by atoms with Gasteiger partial charge >= 0.3 is 0 Å². The normalized spacial score (nSPS) is 20.2. The molecule has 16 heteroatoms. The Balaban J connectivity index is 0.776. The van der Waals surface area contributed by atoms with Crippen molar-refractivity contribution in [2.75, 3.05) is 66.2 Å². The van der Waals surface area contributed by atoms with Crippen LogP contribution in [0.3, 0.4) is 0 Å². The minimum Gasteiger partial charge on any atom is -0.371 e. The highest BCUT2D eigenvalue weighted by atomic mass is 16.2. The molecule has 2 atom stereocenters. The highest BCUT2D eigenvalue weighted by molar-refractivity contribution is 6.23. The van der Waals surface area contributed by atoms with Gasteiger partial charge in [-0.1, -0.05) is 18.2 Å². The topological polar surface area (TPSA) is 174 Å². The van der Waals surface area contributed by atoms with Crippen LogP contribution in [0.25, 0.3) is 11.0 Å². The van der Waals surface area contributed by atoms with Crippen LogP contribution >= 0.6 is 0 Å². The molecular weight excluding hydrogens is 737 g/mol. The lowest BCUT2D eigenvalue weighted by molar-refractivity contribution is -0.136. The maximum Gasteiger partial charge on any atom is 0.262 e. The van der Waals surface area contributed by atoms with Gasteiger partial charge in [-0.05, 0) is 80.5 Å². The van der Waals surface area contributed by atoms with Crippen molar-refractivity contribution in [3.63, 3.8) is 0 Å². The van der Waals surface area contributed by atoms with Crippen molar-refractivity contribution in [2.45, 2.75) is 45.6 Å². The van der Waals surface area contributed by atoms with E-state index in [4.69, 9.17) is 9.97 Å².